The lowest BCUT2D eigenvalue weighted by Crippen LogP contribution is -2.26. The van der Waals surface area contributed by atoms with Crippen LogP contribution in [0.5, 0.6) is 5.75 Å². The molecule has 0 saturated heterocycles. The highest BCUT2D eigenvalue weighted by Crippen LogP contribution is 2.24. The zero-order chi connectivity index (χ0) is 14.5. The highest BCUT2D eigenvalue weighted by molar-refractivity contribution is 5.64. The molecule has 0 fully saturated rings. The summed E-state index contributed by atoms with van der Waals surface area (Å²) in [4.78, 5) is 10.9. The molecule has 0 aliphatic rings. The number of aryl methyl sites for hydroxylation is 1. The van der Waals surface area contributed by atoms with Crippen molar-refractivity contribution < 1.29 is 4.74 Å². The van der Waals surface area contributed by atoms with Gasteiger partial charge in [0.2, 0.25) is 5.95 Å². The lowest BCUT2D eigenvalue weighted by atomic mass is 10.1. The Balaban J connectivity index is 2.36. The van der Waals surface area contributed by atoms with Crippen LogP contribution in [0.15, 0.2) is 30.5 Å². The van der Waals surface area contributed by atoms with E-state index in [9.17, 15) is 0 Å². The first-order valence-electron chi connectivity index (χ1n) is 6.55. The quantitative estimate of drug-likeness (QED) is 0.900. The van der Waals surface area contributed by atoms with Crippen molar-refractivity contribution in [3.63, 3.8) is 0 Å². The van der Waals surface area contributed by atoms with Crippen LogP contribution in [0.3, 0.4) is 0 Å². The molecule has 0 amide bonds. The molecule has 0 atom stereocenters. The van der Waals surface area contributed by atoms with Gasteiger partial charge in [-0.2, -0.15) is 0 Å². The Hall–Kier alpha value is -2.14. The van der Waals surface area contributed by atoms with Gasteiger partial charge in [0.15, 0.2) is 0 Å². The number of likely N-dealkylation sites (N-methyl/N-ethyl adjacent to an activating group) is 1. The molecule has 0 aliphatic heterocycles. The Labute approximate surface area is 119 Å². The largest absolute Gasteiger partial charge is 0.497 e. The number of benzene rings is 1. The Kier molecular flexibility index (Phi) is 4.53. The summed E-state index contributed by atoms with van der Waals surface area (Å²) in [6.07, 6.45) is 1.84. The number of hydrogen-bond donors (Lipinski definition) is 1. The van der Waals surface area contributed by atoms with Crippen LogP contribution < -0.4 is 15.4 Å². The van der Waals surface area contributed by atoms with Gasteiger partial charge in [-0.05, 0) is 36.8 Å². The van der Waals surface area contributed by atoms with Gasteiger partial charge in [-0.3, -0.25) is 0 Å². The molecule has 1 aromatic heterocycles. The summed E-state index contributed by atoms with van der Waals surface area (Å²) >= 11 is 0. The third-order valence-corrected chi connectivity index (χ3v) is 3.13. The van der Waals surface area contributed by atoms with E-state index in [1.807, 2.05) is 49.3 Å². The fourth-order valence-corrected chi connectivity index (χ4v) is 1.95. The number of ether oxygens (including phenoxy) is 1. The van der Waals surface area contributed by atoms with Gasteiger partial charge in [0.05, 0.1) is 12.8 Å². The first kappa shape index (κ1) is 14.3. The average molecular weight is 272 g/mol. The van der Waals surface area contributed by atoms with E-state index in [-0.39, 0.29) is 0 Å². The van der Waals surface area contributed by atoms with Crippen LogP contribution in [0.4, 0.5) is 5.95 Å². The van der Waals surface area contributed by atoms with Crippen molar-refractivity contribution in [2.75, 3.05) is 32.1 Å². The van der Waals surface area contributed by atoms with Crippen LogP contribution in [-0.4, -0.2) is 37.2 Å². The molecule has 0 spiro atoms. The van der Waals surface area contributed by atoms with Crippen molar-refractivity contribution in [2.24, 2.45) is 5.73 Å². The van der Waals surface area contributed by atoms with E-state index in [2.05, 4.69) is 9.97 Å². The minimum Gasteiger partial charge on any atom is -0.497 e. The van der Waals surface area contributed by atoms with Crippen molar-refractivity contribution >= 4 is 5.95 Å². The molecule has 106 valence electrons. The molecule has 0 unspecified atom stereocenters. The fraction of sp³-hybridized carbons (Fsp3) is 0.333. The number of rotatable bonds is 5. The number of nitrogens with zero attached hydrogens (tertiary/aromatic N) is 3. The van der Waals surface area contributed by atoms with Crippen molar-refractivity contribution in [1.29, 1.82) is 0 Å². The maximum Gasteiger partial charge on any atom is 0.225 e. The molecule has 0 radical (unpaired) electrons. The first-order valence-corrected chi connectivity index (χ1v) is 6.55. The topological polar surface area (TPSA) is 64.3 Å². The van der Waals surface area contributed by atoms with Gasteiger partial charge < -0.3 is 15.4 Å². The molecule has 1 aromatic carbocycles. The van der Waals surface area contributed by atoms with Crippen molar-refractivity contribution in [2.45, 2.75) is 6.92 Å². The third-order valence-electron chi connectivity index (χ3n) is 3.13. The zero-order valence-corrected chi connectivity index (χ0v) is 12.1. The molecular weight excluding hydrogens is 252 g/mol. The summed E-state index contributed by atoms with van der Waals surface area (Å²) in [7, 11) is 3.60. The summed E-state index contributed by atoms with van der Waals surface area (Å²) in [5.41, 5.74) is 8.59. The second-order valence-electron chi connectivity index (χ2n) is 4.64. The van der Waals surface area contributed by atoms with Crippen LogP contribution in [0.1, 0.15) is 5.56 Å². The maximum atomic E-state index is 5.57. The Morgan fingerprint density at radius 3 is 2.55 bits per heavy atom. The summed E-state index contributed by atoms with van der Waals surface area (Å²) in [6.45, 7) is 3.31. The van der Waals surface area contributed by atoms with E-state index < -0.39 is 0 Å². The molecule has 2 N–H and O–H groups in total. The van der Waals surface area contributed by atoms with E-state index in [1.165, 1.54) is 0 Å². The number of aromatic nitrogens is 2. The second kappa shape index (κ2) is 6.34. The molecule has 1 heterocycles. The van der Waals surface area contributed by atoms with E-state index in [1.54, 1.807) is 7.11 Å². The van der Waals surface area contributed by atoms with E-state index in [0.717, 1.165) is 29.1 Å². The summed E-state index contributed by atoms with van der Waals surface area (Å²) in [5.74, 6) is 1.52. The van der Waals surface area contributed by atoms with E-state index in [4.69, 9.17) is 10.5 Å². The minimum atomic E-state index is 0.575. The molecule has 0 bridgehead atoms. The molecule has 2 rings (SSSR count). The third kappa shape index (κ3) is 3.05. The standard InChI is InChI=1S/C15H20N4O/c1-11-10-17-15(19(2)9-8-16)18-14(11)12-4-6-13(20-3)7-5-12/h4-7,10H,8-9,16H2,1-3H3. The predicted octanol–water partition coefficient (Wildman–Crippen LogP) is 1.86. The highest BCUT2D eigenvalue weighted by Gasteiger charge is 2.09. The lowest BCUT2D eigenvalue weighted by molar-refractivity contribution is 0.415. The SMILES string of the molecule is COc1ccc(-c2nc(N(C)CCN)ncc2C)cc1. The normalized spacial score (nSPS) is 10.4. The minimum absolute atomic E-state index is 0.575. The molecule has 2 aromatic rings. The Morgan fingerprint density at radius 2 is 1.95 bits per heavy atom. The highest BCUT2D eigenvalue weighted by atomic mass is 16.5. The van der Waals surface area contributed by atoms with Crippen LogP contribution in [-0.2, 0) is 0 Å². The van der Waals surface area contributed by atoms with Gasteiger partial charge in [0, 0.05) is 31.9 Å². The smallest absolute Gasteiger partial charge is 0.225 e. The van der Waals surface area contributed by atoms with Gasteiger partial charge in [-0.25, -0.2) is 9.97 Å². The number of hydrogen-bond acceptors (Lipinski definition) is 5. The van der Waals surface area contributed by atoms with Crippen molar-refractivity contribution in [3.05, 3.63) is 36.0 Å². The maximum absolute atomic E-state index is 5.57. The molecule has 0 saturated carbocycles. The molecular formula is C15H20N4O. The predicted molar refractivity (Wildman–Crippen MR) is 81.1 cm³/mol. The van der Waals surface area contributed by atoms with Crippen LogP contribution in [0, 0.1) is 6.92 Å². The Morgan fingerprint density at radius 1 is 1.25 bits per heavy atom. The molecule has 0 aliphatic carbocycles. The second-order valence-corrected chi connectivity index (χ2v) is 4.64. The van der Waals surface area contributed by atoms with Gasteiger partial charge >= 0.3 is 0 Å². The molecule has 5 nitrogen and oxygen atoms in total. The number of anilines is 1. The zero-order valence-electron chi connectivity index (χ0n) is 12.1. The van der Waals surface area contributed by atoms with E-state index >= 15 is 0 Å². The van der Waals surface area contributed by atoms with Gasteiger partial charge in [-0.1, -0.05) is 0 Å². The average Bonchev–Trinajstić information content (AvgIpc) is 2.48. The fourth-order valence-electron chi connectivity index (χ4n) is 1.95. The number of methoxy groups -OCH3 is 1. The van der Waals surface area contributed by atoms with Crippen molar-refractivity contribution in [1.82, 2.24) is 9.97 Å². The molecule has 20 heavy (non-hydrogen) atoms. The van der Waals surface area contributed by atoms with Gasteiger partial charge in [-0.15, -0.1) is 0 Å². The van der Waals surface area contributed by atoms with E-state index in [0.29, 0.717) is 12.5 Å². The van der Waals surface area contributed by atoms with Gasteiger partial charge in [0.1, 0.15) is 5.75 Å². The van der Waals surface area contributed by atoms with Crippen LogP contribution in [0.25, 0.3) is 11.3 Å². The van der Waals surface area contributed by atoms with Gasteiger partial charge in [0.25, 0.3) is 0 Å². The number of nitrogens with two attached hydrogens (primary N) is 1. The molecule has 5 heteroatoms. The Bertz CT molecular complexity index is 569. The van der Waals surface area contributed by atoms with Crippen LogP contribution >= 0.6 is 0 Å². The lowest BCUT2D eigenvalue weighted by Gasteiger charge is -2.17. The summed E-state index contributed by atoms with van der Waals surface area (Å²) in [5, 5.41) is 0. The van der Waals surface area contributed by atoms with Crippen LogP contribution in [0.2, 0.25) is 0 Å². The first-order chi connectivity index (χ1) is 9.65. The summed E-state index contributed by atoms with van der Waals surface area (Å²) in [6, 6.07) is 7.86. The monoisotopic (exact) mass is 272 g/mol. The summed E-state index contributed by atoms with van der Waals surface area (Å²) < 4.78 is 5.17. The van der Waals surface area contributed by atoms with Crippen molar-refractivity contribution in [3.8, 4) is 17.0 Å².